The van der Waals surface area contributed by atoms with Gasteiger partial charge in [-0.25, -0.2) is 13.2 Å². The van der Waals surface area contributed by atoms with Crippen LogP contribution < -0.4 is 5.32 Å². The molecule has 0 saturated heterocycles. The van der Waals surface area contributed by atoms with Crippen LogP contribution in [0.2, 0.25) is 5.02 Å². The Morgan fingerprint density at radius 2 is 1.58 bits per heavy atom. The van der Waals surface area contributed by atoms with Crippen LogP contribution in [0.4, 0.5) is 18.9 Å². The van der Waals surface area contributed by atoms with Crippen molar-refractivity contribution < 1.29 is 32.4 Å². The number of hydrogen-bond acceptors (Lipinski definition) is 5. The number of carbonyl (C=O) groups is 1. The van der Waals surface area contributed by atoms with Gasteiger partial charge in [0, 0.05) is 55.7 Å². The summed E-state index contributed by atoms with van der Waals surface area (Å²) in [6.07, 6.45) is 5.27. The predicted octanol–water partition coefficient (Wildman–Crippen LogP) is 9.47. The van der Waals surface area contributed by atoms with Gasteiger partial charge in [0.15, 0.2) is 17.5 Å². The fourth-order valence-corrected chi connectivity index (χ4v) is 2.92. The molecule has 10 heteroatoms. The highest BCUT2D eigenvalue weighted by Crippen LogP contribution is 2.26. The molecule has 5 nitrogen and oxygen atoms in total. The van der Waals surface area contributed by atoms with E-state index in [-0.39, 0.29) is 27.8 Å². The molecule has 0 aliphatic rings. The molecule has 2 aromatic carbocycles. The van der Waals surface area contributed by atoms with Crippen molar-refractivity contribution in [2.45, 2.75) is 79.0 Å². The smallest absolute Gasteiger partial charge is 0.255 e. The average molecular weight is 584 g/mol. The number of hydrogen-bond donors (Lipinski definition) is 3. The number of ether oxygens (including phenoxy) is 1. The number of anilines is 1. The van der Waals surface area contributed by atoms with Crippen molar-refractivity contribution in [2.24, 2.45) is 5.92 Å². The van der Waals surface area contributed by atoms with E-state index in [2.05, 4.69) is 33.0 Å². The Labute approximate surface area is 236 Å². The van der Waals surface area contributed by atoms with E-state index in [4.69, 9.17) is 26.0 Å². The second-order valence-electron chi connectivity index (χ2n) is 7.79. The SMILES string of the molecule is CC.CCCCC(C)C.CCCOC.CCO.O=C(Nc1cc(F)c(F)c(F)c1)c1ccc(Cl)c(SO)c1. The van der Waals surface area contributed by atoms with Crippen molar-refractivity contribution in [1.82, 2.24) is 0 Å². The van der Waals surface area contributed by atoms with Crippen LogP contribution in [-0.4, -0.2) is 35.9 Å². The number of aliphatic hydroxyl groups is 1. The quantitative estimate of drug-likeness (QED) is 0.213. The van der Waals surface area contributed by atoms with E-state index in [9.17, 15) is 18.0 Å². The van der Waals surface area contributed by atoms with E-state index in [1.54, 1.807) is 14.0 Å². The number of aliphatic hydroxyl groups excluding tert-OH is 1. The molecule has 1 amide bonds. The van der Waals surface area contributed by atoms with Gasteiger partial charge in [0.1, 0.15) is 0 Å². The number of amides is 1. The molecule has 0 heterocycles. The number of rotatable bonds is 8. The highest BCUT2D eigenvalue weighted by Gasteiger charge is 2.14. The topological polar surface area (TPSA) is 78.8 Å². The Morgan fingerprint density at radius 1 is 1.05 bits per heavy atom. The Bertz CT molecular complexity index is 849. The summed E-state index contributed by atoms with van der Waals surface area (Å²) in [6, 6.07) is 5.38. The zero-order valence-corrected chi connectivity index (χ0v) is 25.4. The molecule has 38 heavy (non-hydrogen) atoms. The maximum Gasteiger partial charge on any atom is 0.255 e. The van der Waals surface area contributed by atoms with Crippen molar-refractivity contribution in [3.63, 3.8) is 0 Å². The Hall–Kier alpha value is -1.78. The first-order chi connectivity index (χ1) is 18.0. The largest absolute Gasteiger partial charge is 0.397 e. The first-order valence-electron chi connectivity index (χ1n) is 12.7. The number of unbranched alkanes of at least 4 members (excludes halogenated alkanes) is 1. The summed E-state index contributed by atoms with van der Waals surface area (Å²) in [5, 5.41) is 10.0. The van der Waals surface area contributed by atoms with E-state index < -0.39 is 23.4 Å². The van der Waals surface area contributed by atoms with Crippen LogP contribution in [0.25, 0.3) is 0 Å². The minimum absolute atomic E-state index is 0.112. The summed E-state index contributed by atoms with van der Waals surface area (Å²) >= 11 is 6.13. The minimum atomic E-state index is -1.61. The molecular weight excluding hydrogens is 539 g/mol. The van der Waals surface area contributed by atoms with Crippen LogP contribution in [-0.2, 0) is 4.74 Å². The minimum Gasteiger partial charge on any atom is -0.397 e. The molecule has 0 spiro atoms. The fraction of sp³-hybridized carbons (Fsp3) is 0.536. The molecule has 0 aliphatic heterocycles. The maximum atomic E-state index is 13.0. The van der Waals surface area contributed by atoms with Gasteiger partial charge in [-0.1, -0.05) is 72.4 Å². The molecule has 0 unspecified atom stereocenters. The van der Waals surface area contributed by atoms with Crippen LogP contribution in [0.5, 0.6) is 0 Å². The molecule has 2 aromatic rings. The normalized spacial score (nSPS) is 9.45. The van der Waals surface area contributed by atoms with Gasteiger partial charge in [-0.15, -0.1) is 0 Å². The summed E-state index contributed by atoms with van der Waals surface area (Å²) in [5.74, 6) is -4.22. The Kier molecular flexibility index (Phi) is 28.7. The Balaban J connectivity index is -0.000000593. The standard InChI is InChI=1S/C13H7ClF3NO2S.C7H16.C4H10O.C2H6O.C2H6/c14-8-2-1-6(3-11(8)21-20)13(19)18-7-4-9(15)12(17)10(16)5-7;1-4-5-6-7(2)3;1-3-4-5-2;1-2-3;1-2/h1-5,20H,(H,18,19);7H,4-6H2,1-3H3;3-4H2,1-2H3;3H,2H2,1H3;1-2H3. The fourth-order valence-electron chi connectivity index (χ4n) is 2.36. The van der Waals surface area contributed by atoms with Gasteiger partial charge < -0.3 is 19.7 Å². The first-order valence-corrected chi connectivity index (χ1v) is 13.8. The van der Waals surface area contributed by atoms with Crippen LogP contribution in [0.1, 0.15) is 84.5 Å². The van der Waals surface area contributed by atoms with Crippen LogP contribution in [0, 0.1) is 23.4 Å². The monoisotopic (exact) mass is 583 g/mol. The lowest BCUT2D eigenvalue weighted by molar-refractivity contribution is 0.102. The van der Waals surface area contributed by atoms with Crippen molar-refractivity contribution in [2.75, 3.05) is 25.6 Å². The van der Waals surface area contributed by atoms with E-state index in [0.29, 0.717) is 24.2 Å². The van der Waals surface area contributed by atoms with E-state index in [1.807, 2.05) is 13.8 Å². The summed E-state index contributed by atoms with van der Waals surface area (Å²) in [4.78, 5) is 12.2. The summed E-state index contributed by atoms with van der Waals surface area (Å²) in [5.41, 5.74) is -0.120. The molecule has 0 aromatic heterocycles. The number of benzene rings is 2. The molecular formula is C28H45ClF3NO4S. The van der Waals surface area contributed by atoms with Crippen molar-refractivity contribution >= 4 is 35.2 Å². The third-order valence-corrected chi connectivity index (χ3v) is 5.05. The highest BCUT2D eigenvalue weighted by atomic mass is 35.5. The number of carbonyl (C=O) groups excluding carboxylic acids is 1. The van der Waals surface area contributed by atoms with Crippen LogP contribution in [0.15, 0.2) is 35.2 Å². The average Bonchev–Trinajstić information content (AvgIpc) is 2.89. The Morgan fingerprint density at radius 3 is 1.92 bits per heavy atom. The first kappa shape index (κ1) is 40.7. The van der Waals surface area contributed by atoms with E-state index in [1.165, 1.54) is 37.5 Å². The molecule has 0 radical (unpaired) electrons. The molecule has 220 valence electrons. The van der Waals surface area contributed by atoms with Gasteiger partial charge in [-0.3, -0.25) is 4.79 Å². The zero-order valence-electron chi connectivity index (χ0n) is 23.8. The number of nitrogens with one attached hydrogen (secondary N) is 1. The van der Waals surface area contributed by atoms with Gasteiger partial charge >= 0.3 is 0 Å². The molecule has 0 fully saturated rings. The lowest BCUT2D eigenvalue weighted by Crippen LogP contribution is -2.12. The molecule has 3 N–H and O–H groups in total. The second kappa shape index (κ2) is 26.8. The third-order valence-electron chi connectivity index (χ3n) is 4.08. The predicted molar refractivity (Wildman–Crippen MR) is 155 cm³/mol. The number of methoxy groups -OCH3 is 1. The zero-order chi connectivity index (χ0) is 30.1. The van der Waals surface area contributed by atoms with Gasteiger partial charge in [0.25, 0.3) is 5.91 Å². The van der Waals surface area contributed by atoms with Gasteiger partial charge in [0.05, 0.1) is 9.92 Å². The van der Waals surface area contributed by atoms with Crippen molar-refractivity contribution in [3.8, 4) is 0 Å². The van der Waals surface area contributed by atoms with Crippen LogP contribution in [0.3, 0.4) is 0 Å². The van der Waals surface area contributed by atoms with Crippen molar-refractivity contribution in [1.29, 1.82) is 0 Å². The van der Waals surface area contributed by atoms with Gasteiger partial charge in [-0.2, -0.15) is 0 Å². The summed E-state index contributed by atoms with van der Waals surface area (Å²) in [6.45, 7) is 15.7. The molecule has 0 atom stereocenters. The lowest BCUT2D eigenvalue weighted by atomic mass is 10.1. The summed E-state index contributed by atoms with van der Waals surface area (Å²) in [7, 11) is 1.71. The van der Waals surface area contributed by atoms with E-state index in [0.717, 1.165) is 18.9 Å². The maximum absolute atomic E-state index is 13.0. The molecule has 0 bridgehead atoms. The number of halogens is 4. The molecule has 0 saturated carbocycles. The lowest BCUT2D eigenvalue weighted by Gasteiger charge is -2.08. The van der Waals surface area contributed by atoms with Gasteiger partial charge in [-0.05, 0) is 37.5 Å². The van der Waals surface area contributed by atoms with Crippen LogP contribution >= 0.6 is 23.6 Å². The van der Waals surface area contributed by atoms with Gasteiger partial charge in [0.2, 0.25) is 0 Å². The third kappa shape index (κ3) is 20.2. The highest BCUT2D eigenvalue weighted by molar-refractivity contribution is 7.93. The summed E-state index contributed by atoms with van der Waals surface area (Å²) < 4.78 is 52.6. The molecule has 0 aliphatic carbocycles. The molecule has 2 rings (SSSR count). The second-order valence-corrected chi connectivity index (χ2v) is 8.82. The van der Waals surface area contributed by atoms with Crippen molar-refractivity contribution in [3.05, 3.63) is 58.4 Å². The van der Waals surface area contributed by atoms with E-state index >= 15 is 0 Å².